The number of ether oxygens (including phenoxy) is 2. The van der Waals surface area contributed by atoms with Gasteiger partial charge < -0.3 is 14.8 Å². The standard InChI is InChI=1S/C24H24ClNO4S/c1-15-8-4-5-11-19(15)30-13-7-12-20(27)26-23-22(24(28)29-3)21(16(2)31-23)17-9-6-10-18(25)14-17/h4-6,8-11,14H,7,12-13H2,1-3H3,(H,26,27). The third-order valence-corrected chi connectivity index (χ3v) is 6.00. The van der Waals surface area contributed by atoms with E-state index in [2.05, 4.69) is 5.32 Å². The van der Waals surface area contributed by atoms with Crippen LogP contribution >= 0.6 is 22.9 Å². The van der Waals surface area contributed by atoms with Gasteiger partial charge in [0.25, 0.3) is 0 Å². The molecule has 0 bridgehead atoms. The van der Waals surface area contributed by atoms with Crippen LogP contribution in [0.5, 0.6) is 5.75 Å². The molecule has 0 saturated carbocycles. The number of nitrogens with one attached hydrogen (secondary N) is 1. The smallest absolute Gasteiger partial charge is 0.341 e. The average Bonchev–Trinajstić information content (AvgIpc) is 3.07. The van der Waals surface area contributed by atoms with E-state index >= 15 is 0 Å². The van der Waals surface area contributed by atoms with Crippen molar-refractivity contribution in [3.63, 3.8) is 0 Å². The van der Waals surface area contributed by atoms with Crippen LogP contribution in [0.1, 0.15) is 33.6 Å². The van der Waals surface area contributed by atoms with Gasteiger partial charge in [0.15, 0.2) is 0 Å². The van der Waals surface area contributed by atoms with Crippen LogP contribution in [0.15, 0.2) is 48.5 Å². The highest BCUT2D eigenvalue weighted by atomic mass is 35.5. The molecular weight excluding hydrogens is 434 g/mol. The van der Waals surface area contributed by atoms with Crippen molar-refractivity contribution in [3.8, 4) is 16.9 Å². The van der Waals surface area contributed by atoms with Gasteiger partial charge in [0.1, 0.15) is 16.3 Å². The molecule has 3 aromatic rings. The summed E-state index contributed by atoms with van der Waals surface area (Å²) >= 11 is 7.48. The molecule has 1 heterocycles. The Morgan fingerprint density at radius 3 is 2.58 bits per heavy atom. The Balaban J connectivity index is 1.70. The lowest BCUT2D eigenvalue weighted by Crippen LogP contribution is -2.15. The van der Waals surface area contributed by atoms with Crippen LogP contribution in [-0.2, 0) is 9.53 Å². The van der Waals surface area contributed by atoms with Crippen molar-refractivity contribution >= 4 is 39.8 Å². The molecule has 0 unspecified atom stereocenters. The summed E-state index contributed by atoms with van der Waals surface area (Å²) < 4.78 is 10.7. The first-order valence-electron chi connectivity index (χ1n) is 9.86. The number of amides is 1. The Morgan fingerprint density at radius 2 is 1.87 bits per heavy atom. The number of carbonyl (C=O) groups is 2. The molecule has 0 spiro atoms. The van der Waals surface area contributed by atoms with Crippen LogP contribution in [0.4, 0.5) is 5.00 Å². The van der Waals surface area contributed by atoms with E-state index in [1.165, 1.54) is 18.4 Å². The average molecular weight is 458 g/mol. The molecule has 1 amide bonds. The third kappa shape index (κ3) is 5.66. The summed E-state index contributed by atoms with van der Waals surface area (Å²) in [6.45, 7) is 4.31. The molecule has 0 aliphatic heterocycles. The fraction of sp³-hybridized carbons (Fsp3) is 0.250. The molecule has 0 aliphatic carbocycles. The van der Waals surface area contributed by atoms with Gasteiger partial charge in [-0.3, -0.25) is 4.79 Å². The number of anilines is 1. The highest BCUT2D eigenvalue weighted by molar-refractivity contribution is 7.17. The van der Waals surface area contributed by atoms with E-state index in [4.69, 9.17) is 21.1 Å². The van der Waals surface area contributed by atoms with Crippen molar-refractivity contribution in [2.24, 2.45) is 0 Å². The van der Waals surface area contributed by atoms with Crippen LogP contribution in [-0.4, -0.2) is 25.6 Å². The number of rotatable bonds is 8. The molecule has 7 heteroatoms. The van der Waals surface area contributed by atoms with Gasteiger partial charge in [-0.2, -0.15) is 0 Å². The van der Waals surface area contributed by atoms with Crippen molar-refractivity contribution in [2.45, 2.75) is 26.7 Å². The van der Waals surface area contributed by atoms with Crippen molar-refractivity contribution < 1.29 is 19.1 Å². The quantitative estimate of drug-likeness (QED) is 0.320. The van der Waals surface area contributed by atoms with E-state index in [-0.39, 0.29) is 12.3 Å². The third-order valence-electron chi connectivity index (χ3n) is 4.74. The lowest BCUT2D eigenvalue weighted by molar-refractivity contribution is -0.116. The monoisotopic (exact) mass is 457 g/mol. The van der Waals surface area contributed by atoms with Crippen LogP contribution < -0.4 is 10.1 Å². The molecule has 0 radical (unpaired) electrons. The maximum atomic E-state index is 12.5. The normalized spacial score (nSPS) is 10.6. The number of hydrogen-bond acceptors (Lipinski definition) is 5. The minimum atomic E-state index is -0.502. The molecule has 31 heavy (non-hydrogen) atoms. The zero-order valence-corrected chi connectivity index (χ0v) is 19.2. The Labute approximate surface area is 191 Å². The van der Waals surface area contributed by atoms with Gasteiger partial charge in [0, 0.05) is 21.9 Å². The molecular formula is C24H24ClNO4S. The van der Waals surface area contributed by atoms with E-state index < -0.39 is 5.97 Å². The molecule has 1 N–H and O–H groups in total. The Bertz CT molecular complexity index is 1090. The van der Waals surface area contributed by atoms with Gasteiger partial charge in [-0.15, -0.1) is 11.3 Å². The van der Waals surface area contributed by atoms with Crippen molar-refractivity contribution in [3.05, 3.63) is 69.6 Å². The van der Waals surface area contributed by atoms with Crippen molar-refractivity contribution in [1.29, 1.82) is 0 Å². The number of methoxy groups -OCH3 is 1. The number of halogens is 1. The van der Waals surface area contributed by atoms with E-state index in [9.17, 15) is 9.59 Å². The van der Waals surface area contributed by atoms with E-state index in [1.54, 1.807) is 12.1 Å². The summed E-state index contributed by atoms with van der Waals surface area (Å²) in [6, 6.07) is 15.0. The van der Waals surface area contributed by atoms with Gasteiger partial charge in [0.2, 0.25) is 5.91 Å². The first-order chi connectivity index (χ1) is 14.9. The van der Waals surface area contributed by atoms with Crippen molar-refractivity contribution in [1.82, 2.24) is 0 Å². The first kappa shape index (κ1) is 22.8. The predicted molar refractivity (Wildman–Crippen MR) is 125 cm³/mol. The lowest BCUT2D eigenvalue weighted by Gasteiger charge is -2.10. The van der Waals surface area contributed by atoms with Gasteiger partial charge in [-0.1, -0.05) is 41.9 Å². The molecule has 5 nitrogen and oxygen atoms in total. The van der Waals surface area contributed by atoms with E-state index in [1.807, 2.05) is 50.2 Å². The molecule has 1 aromatic heterocycles. The summed E-state index contributed by atoms with van der Waals surface area (Å²) in [4.78, 5) is 26.0. The highest BCUT2D eigenvalue weighted by Crippen LogP contribution is 2.41. The molecule has 0 aliphatic rings. The number of para-hydroxylation sites is 1. The Kier molecular flexibility index (Phi) is 7.71. The molecule has 3 rings (SSSR count). The van der Waals surface area contributed by atoms with E-state index in [0.29, 0.717) is 28.6 Å². The minimum absolute atomic E-state index is 0.183. The van der Waals surface area contributed by atoms with Gasteiger partial charge >= 0.3 is 5.97 Å². The molecule has 162 valence electrons. The second kappa shape index (κ2) is 10.5. The Hall–Kier alpha value is -2.83. The number of thiophene rings is 1. The summed E-state index contributed by atoms with van der Waals surface area (Å²) in [5.41, 5.74) is 2.92. The number of aryl methyl sites for hydroxylation is 2. The first-order valence-corrected chi connectivity index (χ1v) is 11.1. The summed E-state index contributed by atoms with van der Waals surface area (Å²) in [5.74, 6) is 0.130. The van der Waals surface area contributed by atoms with Crippen LogP contribution in [0, 0.1) is 13.8 Å². The Morgan fingerprint density at radius 1 is 1.10 bits per heavy atom. The topological polar surface area (TPSA) is 64.6 Å². The fourth-order valence-corrected chi connectivity index (χ4v) is 4.51. The molecule has 0 saturated heterocycles. The lowest BCUT2D eigenvalue weighted by atomic mass is 10.0. The van der Waals surface area contributed by atoms with Crippen LogP contribution in [0.25, 0.3) is 11.1 Å². The van der Waals surface area contributed by atoms with Gasteiger partial charge in [-0.25, -0.2) is 4.79 Å². The second-order valence-corrected chi connectivity index (χ2v) is 8.67. The number of benzene rings is 2. The predicted octanol–water partition coefficient (Wildman–Crippen LogP) is 6.27. The molecule has 0 fully saturated rings. The maximum Gasteiger partial charge on any atom is 0.341 e. The summed E-state index contributed by atoms with van der Waals surface area (Å²) in [7, 11) is 1.32. The number of carbonyl (C=O) groups excluding carboxylic acids is 2. The van der Waals surface area contributed by atoms with Gasteiger partial charge in [0.05, 0.1) is 13.7 Å². The van der Waals surface area contributed by atoms with Crippen molar-refractivity contribution in [2.75, 3.05) is 19.0 Å². The maximum absolute atomic E-state index is 12.5. The summed E-state index contributed by atoms with van der Waals surface area (Å²) in [5, 5.41) is 3.92. The van der Waals surface area contributed by atoms with Crippen LogP contribution in [0.2, 0.25) is 5.02 Å². The minimum Gasteiger partial charge on any atom is -0.493 e. The van der Waals surface area contributed by atoms with Crippen LogP contribution in [0.3, 0.4) is 0 Å². The van der Waals surface area contributed by atoms with Gasteiger partial charge in [-0.05, 0) is 49.6 Å². The largest absolute Gasteiger partial charge is 0.493 e. The zero-order chi connectivity index (χ0) is 22.4. The van der Waals surface area contributed by atoms with E-state index in [0.717, 1.165) is 27.3 Å². The summed E-state index contributed by atoms with van der Waals surface area (Å²) in [6.07, 6.45) is 0.829. The zero-order valence-electron chi connectivity index (χ0n) is 17.7. The number of hydrogen-bond donors (Lipinski definition) is 1. The molecule has 2 aromatic carbocycles. The molecule has 0 atom stereocenters. The fourth-order valence-electron chi connectivity index (χ4n) is 3.24. The second-order valence-electron chi connectivity index (χ2n) is 7.00. The highest BCUT2D eigenvalue weighted by Gasteiger charge is 2.25. The number of esters is 1. The SMILES string of the molecule is COC(=O)c1c(NC(=O)CCCOc2ccccc2C)sc(C)c1-c1cccc(Cl)c1.